The van der Waals surface area contributed by atoms with Crippen molar-refractivity contribution in [2.75, 3.05) is 26.2 Å². The lowest BCUT2D eigenvalue weighted by atomic mass is 9.94. The van der Waals surface area contributed by atoms with E-state index in [1.165, 1.54) is 0 Å². The molecule has 5 nitrogen and oxygen atoms in total. The van der Waals surface area contributed by atoms with E-state index < -0.39 is 0 Å². The van der Waals surface area contributed by atoms with Crippen LogP contribution in [0.2, 0.25) is 0 Å². The number of hydrogen-bond donors (Lipinski definition) is 2. The molecule has 2 amide bonds. The second-order valence-electron chi connectivity index (χ2n) is 5.28. The molecular weight excluding hydrogens is 242 g/mol. The molecule has 0 bridgehead atoms. The van der Waals surface area contributed by atoms with Gasteiger partial charge in [0, 0.05) is 19.5 Å². The number of amides is 2. The van der Waals surface area contributed by atoms with Crippen molar-refractivity contribution in [3.05, 3.63) is 0 Å². The highest BCUT2D eigenvalue weighted by molar-refractivity contribution is 5.84. The third kappa shape index (κ3) is 7.82. The molecule has 112 valence electrons. The Bertz CT molecular complexity index is 276. The Morgan fingerprint density at radius 3 is 2.21 bits per heavy atom. The predicted octanol–water partition coefficient (Wildman–Crippen LogP) is 0.982. The smallest absolute Gasteiger partial charge is 0.241 e. The molecule has 0 aromatic heterocycles. The van der Waals surface area contributed by atoms with Crippen molar-refractivity contribution in [3.63, 3.8) is 0 Å². The Labute approximate surface area is 116 Å². The van der Waals surface area contributed by atoms with Gasteiger partial charge in [-0.25, -0.2) is 0 Å². The third-order valence-corrected chi connectivity index (χ3v) is 3.17. The van der Waals surface area contributed by atoms with Crippen LogP contribution in [0.1, 0.15) is 40.5 Å². The first kappa shape index (κ1) is 17.9. The van der Waals surface area contributed by atoms with E-state index in [-0.39, 0.29) is 24.3 Å². The Kier molecular flexibility index (Phi) is 9.21. The minimum atomic E-state index is -0.0865. The predicted molar refractivity (Wildman–Crippen MR) is 77.6 cm³/mol. The molecule has 0 aromatic carbocycles. The highest BCUT2D eigenvalue weighted by Gasteiger charge is 2.15. The van der Waals surface area contributed by atoms with Gasteiger partial charge in [-0.05, 0) is 38.6 Å². The van der Waals surface area contributed by atoms with Gasteiger partial charge in [0.05, 0.1) is 6.54 Å². The highest BCUT2D eigenvalue weighted by atomic mass is 16.2. The Morgan fingerprint density at radius 2 is 1.79 bits per heavy atom. The number of nitrogens with two attached hydrogens (primary N) is 1. The first-order valence-electron chi connectivity index (χ1n) is 7.19. The van der Waals surface area contributed by atoms with Gasteiger partial charge >= 0.3 is 0 Å². The number of nitrogens with zero attached hydrogens (tertiary/aromatic N) is 1. The van der Waals surface area contributed by atoms with Crippen LogP contribution in [0.5, 0.6) is 0 Å². The molecule has 0 saturated carbocycles. The molecule has 0 fully saturated rings. The number of likely N-dealkylation sites (N-methyl/N-ethyl adjacent to an activating group) is 1. The van der Waals surface area contributed by atoms with Gasteiger partial charge in [0.1, 0.15) is 0 Å². The van der Waals surface area contributed by atoms with Crippen LogP contribution in [0.3, 0.4) is 0 Å². The number of nitrogens with one attached hydrogen (secondary N) is 1. The molecule has 0 aromatic rings. The van der Waals surface area contributed by atoms with Gasteiger partial charge in [0.25, 0.3) is 0 Å². The van der Waals surface area contributed by atoms with Crippen LogP contribution >= 0.6 is 0 Å². The van der Waals surface area contributed by atoms with Crippen molar-refractivity contribution >= 4 is 11.8 Å². The molecule has 19 heavy (non-hydrogen) atoms. The summed E-state index contributed by atoms with van der Waals surface area (Å²) in [6.45, 7) is 10.0. The van der Waals surface area contributed by atoms with E-state index in [2.05, 4.69) is 19.2 Å². The molecule has 0 radical (unpaired) electrons. The molecule has 0 rings (SSSR count). The molecule has 0 unspecified atom stereocenters. The maximum atomic E-state index is 11.8. The summed E-state index contributed by atoms with van der Waals surface area (Å²) in [4.78, 5) is 25.2. The van der Waals surface area contributed by atoms with E-state index in [1.807, 2.05) is 13.8 Å². The van der Waals surface area contributed by atoms with Gasteiger partial charge in [-0.3, -0.25) is 9.59 Å². The monoisotopic (exact) mass is 271 g/mol. The first-order chi connectivity index (χ1) is 8.94. The number of rotatable bonds is 9. The van der Waals surface area contributed by atoms with Crippen LogP contribution in [0.15, 0.2) is 0 Å². The van der Waals surface area contributed by atoms with Crippen molar-refractivity contribution in [3.8, 4) is 0 Å². The van der Waals surface area contributed by atoms with Gasteiger partial charge in [0.2, 0.25) is 11.8 Å². The summed E-state index contributed by atoms with van der Waals surface area (Å²) in [5.74, 6) is 0.602. The van der Waals surface area contributed by atoms with Crippen molar-refractivity contribution in [2.45, 2.75) is 40.5 Å². The fraction of sp³-hybridized carbons (Fsp3) is 0.857. The van der Waals surface area contributed by atoms with Gasteiger partial charge < -0.3 is 16.0 Å². The topological polar surface area (TPSA) is 75.4 Å². The van der Waals surface area contributed by atoms with Crippen LogP contribution < -0.4 is 11.1 Å². The lowest BCUT2D eigenvalue weighted by Crippen LogP contribution is -2.40. The highest BCUT2D eigenvalue weighted by Crippen LogP contribution is 2.13. The summed E-state index contributed by atoms with van der Waals surface area (Å²) in [5.41, 5.74) is 5.66. The summed E-state index contributed by atoms with van der Waals surface area (Å²) >= 11 is 0. The molecule has 5 heteroatoms. The zero-order valence-electron chi connectivity index (χ0n) is 12.7. The van der Waals surface area contributed by atoms with Crippen molar-refractivity contribution < 1.29 is 9.59 Å². The first-order valence-corrected chi connectivity index (χ1v) is 7.19. The minimum absolute atomic E-state index is 0.0356. The van der Waals surface area contributed by atoms with Gasteiger partial charge in [0.15, 0.2) is 0 Å². The summed E-state index contributed by atoms with van der Waals surface area (Å²) < 4.78 is 0. The Balaban J connectivity index is 4.06. The van der Waals surface area contributed by atoms with Crippen molar-refractivity contribution in [1.29, 1.82) is 0 Å². The number of hydrogen-bond acceptors (Lipinski definition) is 3. The molecule has 0 aliphatic rings. The molecule has 0 aliphatic heterocycles. The van der Waals surface area contributed by atoms with Crippen LogP contribution in [0, 0.1) is 11.8 Å². The quantitative estimate of drug-likeness (QED) is 0.656. The van der Waals surface area contributed by atoms with Crippen molar-refractivity contribution in [1.82, 2.24) is 10.2 Å². The largest absolute Gasteiger partial charge is 0.347 e. The van der Waals surface area contributed by atoms with E-state index in [9.17, 15) is 9.59 Å². The number of carbonyl (C=O) groups excluding carboxylic acids is 2. The SMILES string of the molecule is CCN(CC)C(=O)CNC(=O)C[C@@H](CN)CC(C)C. The fourth-order valence-electron chi connectivity index (χ4n) is 2.13. The summed E-state index contributed by atoms with van der Waals surface area (Å²) in [7, 11) is 0. The average molecular weight is 271 g/mol. The van der Waals surface area contributed by atoms with E-state index in [0.717, 1.165) is 6.42 Å². The van der Waals surface area contributed by atoms with Gasteiger partial charge in [-0.2, -0.15) is 0 Å². The van der Waals surface area contributed by atoms with Gasteiger partial charge in [-0.1, -0.05) is 13.8 Å². The average Bonchev–Trinajstić information content (AvgIpc) is 2.36. The standard InChI is InChI=1S/C14H29N3O2/c1-5-17(6-2)14(19)10-16-13(18)8-12(9-15)7-11(3)4/h11-12H,5-10,15H2,1-4H3,(H,16,18)/t12-/m0/s1. The molecular formula is C14H29N3O2. The van der Waals surface area contributed by atoms with Crippen LogP contribution in [-0.2, 0) is 9.59 Å². The molecule has 0 heterocycles. The summed E-state index contributed by atoms with van der Waals surface area (Å²) in [6.07, 6.45) is 1.34. The Hall–Kier alpha value is -1.10. The second kappa shape index (κ2) is 9.78. The van der Waals surface area contributed by atoms with Crippen LogP contribution in [0.4, 0.5) is 0 Å². The number of carbonyl (C=O) groups is 2. The molecule has 0 saturated heterocycles. The van der Waals surface area contributed by atoms with E-state index in [1.54, 1.807) is 4.90 Å². The maximum Gasteiger partial charge on any atom is 0.241 e. The van der Waals surface area contributed by atoms with E-state index in [0.29, 0.717) is 32.0 Å². The van der Waals surface area contributed by atoms with E-state index >= 15 is 0 Å². The lowest BCUT2D eigenvalue weighted by molar-refractivity contribution is -0.132. The normalized spacial score (nSPS) is 12.3. The zero-order valence-corrected chi connectivity index (χ0v) is 12.7. The van der Waals surface area contributed by atoms with Gasteiger partial charge in [-0.15, -0.1) is 0 Å². The third-order valence-electron chi connectivity index (χ3n) is 3.17. The molecule has 1 atom stereocenters. The lowest BCUT2D eigenvalue weighted by Gasteiger charge is -2.20. The second-order valence-corrected chi connectivity index (χ2v) is 5.28. The molecule has 0 aliphatic carbocycles. The minimum Gasteiger partial charge on any atom is -0.347 e. The zero-order chi connectivity index (χ0) is 14.8. The Morgan fingerprint density at radius 1 is 1.21 bits per heavy atom. The summed E-state index contributed by atoms with van der Waals surface area (Å²) in [6, 6.07) is 0. The fourth-order valence-corrected chi connectivity index (χ4v) is 2.13. The van der Waals surface area contributed by atoms with Crippen LogP contribution in [-0.4, -0.2) is 42.9 Å². The summed E-state index contributed by atoms with van der Waals surface area (Å²) in [5, 5.41) is 2.68. The maximum absolute atomic E-state index is 11.8. The molecule has 0 spiro atoms. The van der Waals surface area contributed by atoms with E-state index in [4.69, 9.17) is 5.73 Å². The van der Waals surface area contributed by atoms with Crippen molar-refractivity contribution in [2.24, 2.45) is 17.6 Å². The molecule has 3 N–H and O–H groups in total. The van der Waals surface area contributed by atoms with Crippen LogP contribution in [0.25, 0.3) is 0 Å².